The van der Waals surface area contributed by atoms with Crippen LogP contribution in [0.15, 0.2) is 42.9 Å². The van der Waals surface area contributed by atoms with E-state index in [-0.39, 0.29) is 12.6 Å². The molecular formula is C24H22N10O2. The van der Waals surface area contributed by atoms with E-state index >= 15 is 0 Å². The second kappa shape index (κ2) is 9.72. The molecular weight excluding hydrogens is 460 g/mol. The van der Waals surface area contributed by atoms with E-state index in [0.29, 0.717) is 29.4 Å². The van der Waals surface area contributed by atoms with E-state index in [4.69, 9.17) is 10.5 Å². The third-order valence-electron chi connectivity index (χ3n) is 6.16. The summed E-state index contributed by atoms with van der Waals surface area (Å²) in [4.78, 5) is 16.0. The molecule has 36 heavy (non-hydrogen) atoms. The first-order valence-corrected chi connectivity index (χ1v) is 11.3. The van der Waals surface area contributed by atoms with Gasteiger partial charge in [-0.2, -0.15) is 15.6 Å². The van der Waals surface area contributed by atoms with E-state index in [1.807, 2.05) is 18.2 Å². The molecule has 0 aromatic carbocycles. The molecule has 0 spiro atoms. The van der Waals surface area contributed by atoms with Crippen LogP contribution in [-0.4, -0.2) is 55.4 Å². The largest absolute Gasteiger partial charge is 0.453 e. The summed E-state index contributed by atoms with van der Waals surface area (Å²) in [5, 5.41) is 37.1. The molecule has 5 rings (SSSR count). The fraction of sp³-hybridized carbons (Fsp3) is 0.292. The molecule has 0 radical (unpaired) electrons. The summed E-state index contributed by atoms with van der Waals surface area (Å²) in [6.07, 6.45) is 6.31. The van der Waals surface area contributed by atoms with Crippen LogP contribution in [-0.2, 0) is 11.3 Å². The van der Waals surface area contributed by atoms with Crippen LogP contribution in [0.2, 0.25) is 0 Å². The van der Waals surface area contributed by atoms with E-state index in [0.717, 1.165) is 35.3 Å². The lowest BCUT2D eigenvalue weighted by Crippen LogP contribution is -2.42. The van der Waals surface area contributed by atoms with Gasteiger partial charge in [0.05, 0.1) is 48.0 Å². The molecule has 0 bridgehead atoms. The highest BCUT2D eigenvalue weighted by Gasteiger charge is 2.30. The molecule has 0 saturated heterocycles. The third-order valence-corrected chi connectivity index (χ3v) is 6.16. The second-order valence-corrected chi connectivity index (χ2v) is 8.54. The lowest BCUT2D eigenvalue weighted by Gasteiger charge is -2.36. The van der Waals surface area contributed by atoms with Gasteiger partial charge in [0.15, 0.2) is 0 Å². The van der Waals surface area contributed by atoms with Crippen LogP contribution in [0, 0.1) is 28.6 Å². The maximum absolute atomic E-state index is 11.3. The molecule has 4 aromatic heterocycles. The van der Waals surface area contributed by atoms with Gasteiger partial charge in [-0.25, -0.2) is 14.0 Å². The Balaban J connectivity index is 1.43. The maximum atomic E-state index is 11.3. The van der Waals surface area contributed by atoms with Crippen molar-refractivity contribution in [2.45, 2.75) is 25.4 Å². The Bertz CT molecular complexity index is 1500. The molecule has 12 nitrogen and oxygen atoms in total. The number of hydrogen-bond acceptors (Lipinski definition) is 9. The number of hydrogen-bond donors (Lipinski definition) is 2. The average Bonchev–Trinajstić information content (AvgIpc) is 3.52. The average molecular weight is 483 g/mol. The second-order valence-electron chi connectivity index (χ2n) is 8.54. The summed E-state index contributed by atoms with van der Waals surface area (Å²) < 4.78 is 7.86. The molecule has 0 aliphatic heterocycles. The SMILES string of the molecule is COC(=O)NCC1CC(Nc2cc(-c3ccc4cc(C#N)cnn34)ncc2-c2cn(CC#N)nn2)C1. The molecule has 4 aromatic rings. The molecule has 0 unspecified atom stereocenters. The highest BCUT2D eigenvalue weighted by Crippen LogP contribution is 2.35. The van der Waals surface area contributed by atoms with Crippen LogP contribution >= 0.6 is 0 Å². The number of carbonyl (C=O) groups excluding carboxylic acids is 1. The van der Waals surface area contributed by atoms with E-state index in [2.05, 4.69) is 47.9 Å². The molecule has 1 aliphatic carbocycles. The zero-order valence-corrected chi connectivity index (χ0v) is 19.4. The number of anilines is 1. The maximum Gasteiger partial charge on any atom is 0.406 e. The summed E-state index contributed by atoms with van der Waals surface area (Å²) in [5.74, 6) is 0.357. The number of pyridine rings is 1. The van der Waals surface area contributed by atoms with Crippen LogP contribution in [0.5, 0.6) is 0 Å². The highest BCUT2D eigenvalue weighted by atomic mass is 16.5. The van der Waals surface area contributed by atoms with Gasteiger partial charge in [-0.05, 0) is 43.0 Å². The van der Waals surface area contributed by atoms with Crippen molar-refractivity contribution in [3.63, 3.8) is 0 Å². The minimum Gasteiger partial charge on any atom is -0.453 e. The zero-order chi connectivity index (χ0) is 25.1. The number of fused-ring (bicyclic) bond motifs is 1. The van der Waals surface area contributed by atoms with Crippen LogP contribution < -0.4 is 10.6 Å². The fourth-order valence-electron chi connectivity index (χ4n) is 4.28. The number of nitriles is 2. The molecule has 1 saturated carbocycles. The molecule has 180 valence electrons. The zero-order valence-electron chi connectivity index (χ0n) is 19.4. The number of nitrogens with zero attached hydrogens (tertiary/aromatic N) is 8. The Morgan fingerprint density at radius 1 is 1.22 bits per heavy atom. The number of carbonyl (C=O) groups is 1. The molecule has 0 atom stereocenters. The standard InChI is InChI=1S/C24H22N10O2/c1-36-24(35)28-11-15-6-17(7-15)30-20-9-21(23-3-2-18-8-16(10-26)12-29-34(18)23)27-13-19(20)22-14-33(5-4-25)32-31-22/h2-3,8-9,12-15,17H,5-7,11H2,1H3,(H,27,30)(H,28,35). The molecule has 12 heteroatoms. The summed E-state index contributed by atoms with van der Waals surface area (Å²) >= 11 is 0. The number of nitrogens with one attached hydrogen (secondary N) is 2. The Labute approximate surface area is 206 Å². The lowest BCUT2D eigenvalue weighted by atomic mass is 9.80. The van der Waals surface area contributed by atoms with E-state index in [9.17, 15) is 4.79 Å². The van der Waals surface area contributed by atoms with Crippen LogP contribution in [0.4, 0.5) is 10.5 Å². The number of amides is 1. The van der Waals surface area contributed by atoms with E-state index in [1.54, 1.807) is 23.0 Å². The Morgan fingerprint density at radius 3 is 2.86 bits per heavy atom. The van der Waals surface area contributed by atoms with Crippen molar-refractivity contribution in [2.24, 2.45) is 5.92 Å². The van der Waals surface area contributed by atoms with E-state index in [1.165, 1.54) is 18.0 Å². The van der Waals surface area contributed by atoms with Gasteiger partial charge < -0.3 is 15.4 Å². The Morgan fingerprint density at radius 2 is 2.08 bits per heavy atom. The van der Waals surface area contributed by atoms with Crippen molar-refractivity contribution in [1.29, 1.82) is 10.5 Å². The summed E-state index contributed by atoms with van der Waals surface area (Å²) in [6, 6.07) is 11.9. The summed E-state index contributed by atoms with van der Waals surface area (Å²) in [7, 11) is 1.35. The number of alkyl carbamates (subject to hydrolysis) is 1. The van der Waals surface area contributed by atoms with Crippen LogP contribution in [0.1, 0.15) is 18.4 Å². The summed E-state index contributed by atoms with van der Waals surface area (Å²) in [5.41, 5.74) is 4.96. The molecule has 2 N–H and O–H groups in total. The van der Waals surface area contributed by atoms with Gasteiger partial charge in [0, 0.05) is 30.0 Å². The highest BCUT2D eigenvalue weighted by molar-refractivity contribution is 5.79. The number of ether oxygens (including phenoxy) is 1. The van der Waals surface area contributed by atoms with Crippen molar-refractivity contribution in [3.05, 3.63) is 48.4 Å². The van der Waals surface area contributed by atoms with Gasteiger partial charge in [-0.3, -0.25) is 4.98 Å². The van der Waals surface area contributed by atoms with Gasteiger partial charge in [0.25, 0.3) is 0 Å². The predicted octanol–water partition coefficient (Wildman–Crippen LogP) is 2.60. The van der Waals surface area contributed by atoms with Crippen LogP contribution in [0.25, 0.3) is 28.2 Å². The lowest BCUT2D eigenvalue weighted by molar-refractivity contribution is 0.164. The molecule has 4 heterocycles. The van der Waals surface area contributed by atoms with Gasteiger partial charge in [0.2, 0.25) is 0 Å². The molecule has 1 amide bonds. The fourth-order valence-corrected chi connectivity index (χ4v) is 4.28. The first-order valence-electron chi connectivity index (χ1n) is 11.3. The van der Waals surface area contributed by atoms with Gasteiger partial charge in [-0.1, -0.05) is 5.21 Å². The third kappa shape index (κ3) is 4.52. The Hall–Kier alpha value is -4.97. The van der Waals surface area contributed by atoms with Crippen molar-refractivity contribution in [2.75, 3.05) is 19.0 Å². The van der Waals surface area contributed by atoms with Gasteiger partial charge in [-0.15, -0.1) is 5.10 Å². The van der Waals surface area contributed by atoms with E-state index < -0.39 is 6.09 Å². The van der Waals surface area contributed by atoms with Crippen molar-refractivity contribution in [3.8, 4) is 34.8 Å². The minimum atomic E-state index is -0.428. The smallest absolute Gasteiger partial charge is 0.406 e. The number of rotatable bonds is 7. The quantitative estimate of drug-likeness (QED) is 0.404. The summed E-state index contributed by atoms with van der Waals surface area (Å²) in [6.45, 7) is 0.666. The number of aromatic nitrogens is 6. The topological polar surface area (TPSA) is 159 Å². The van der Waals surface area contributed by atoms with Crippen molar-refractivity contribution in [1.82, 2.24) is 34.9 Å². The van der Waals surface area contributed by atoms with Crippen LogP contribution in [0.3, 0.4) is 0 Å². The molecule has 1 aliphatic rings. The van der Waals surface area contributed by atoms with Gasteiger partial charge in [0.1, 0.15) is 18.3 Å². The molecule has 1 fully saturated rings. The minimum absolute atomic E-state index is 0.102. The first-order chi connectivity index (χ1) is 17.6. The monoisotopic (exact) mass is 482 g/mol. The number of methoxy groups -OCH3 is 1. The normalized spacial score (nSPS) is 16.5. The Kier molecular flexibility index (Phi) is 6.16. The first kappa shape index (κ1) is 22.8. The van der Waals surface area contributed by atoms with Crippen molar-refractivity contribution < 1.29 is 9.53 Å². The predicted molar refractivity (Wildman–Crippen MR) is 128 cm³/mol. The van der Waals surface area contributed by atoms with Gasteiger partial charge >= 0.3 is 6.09 Å². The van der Waals surface area contributed by atoms with Crippen molar-refractivity contribution >= 4 is 17.3 Å².